The molecule has 2 aromatic carbocycles. The molecule has 0 aromatic heterocycles. The summed E-state index contributed by atoms with van der Waals surface area (Å²) in [5.41, 5.74) is 2.96. The third kappa shape index (κ3) is 6.67. The molecule has 0 atom stereocenters. The molecule has 1 N–H and O–H groups in total. The van der Waals surface area contributed by atoms with Gasteiger partial charge in [0, 0.05) is 5.69 Å². The maximum Gasteiger partial charge on any atom is 0.309 e. The van der Waals surface area contributed by atoms with E-state index >= 15 is 0 Å². The number of carbonyl (C=O) groups excluding carboxylic acids is 2. The quantitative estimate of drug-likeness (QED) is 0.746. The van der Waals surface area contributed by atoms with Gasteiger partial charge in [-0.05, 0) is 48.7 Å². The van der Waals surface area contributed by atoms with E-state index < -0.39 is 5.97 Å². The Labute approximate surface area is 148 Å². The van der Waals surface area contributed by atoms with E-state index in [1.807, 2.05) is 55.5 Å². The van der Waals surface area contributed by atoms with Crippen LogP contribution in [0.15, 0.2) is 48.5 Å². The van der Waals surface area contributed by atoms with E-state index in [1.165, 1.54) is 5.56 Å². The van der Waals surface area contributed by atoms with Gasteiger partial charge in [-0.25, -0.2) is 0 Å². The molecule has 5 heteroatoms. The first-order valence-electron chi connectivity index (χ1n) is 8.30. The van der Waals surface area contributed by atoms with Crippen molar-refractivity contribution in [2.24, 2.45) is 0 Å². The molecule has 0 saturated heterocycles. The predicted octanol–water partition coefficient (Wildman–Crippen LogP) is 3.51. The lowest BCUT2D eigenvalue weighted by Gasteiger charge is -2.08. The van der Waals surface area contributed by atoms with E-state index in [9.17, 15) is 9.59 Å². The Morgan fingerprint density at radius 1 is 1.08 bits per heavy atom. The number of benzene rings is 2. The van der Waals surface area contributed by atoms with Crippen LogP contribution in [0.1, 0.15) is 24.5 Å². The van der Waals surface area contributed by atoms with Gasteiger partial charge in [-0.3, -0.25) is 9.59 Å². The zero-order valence-electron chi connectivity index (χ0n) is 14.6. The summed E-state index contributed by atoms with van der Waals surface area (Å²) in [4.78, 5) is 23.4. The van der Waals surface area contributed by atoms with E-state index in [4.69, 9.17) is 9.47 Å². The van der Waals surface area contributed by atoms with E-state index in [0.717, 1.165) is 12.0 Å². The molecule has 132 valence electrons. The van der Waals surface area contributed by atoms with Crippen molar-refractivity contribution < 1.29 is 19.1 Å². The summed E-state index contributed by atoms with van der Waals surface area (Å²) in [5.74, 6) is -0.123. The summed E-state index contributed by atoms with van der Waals surface area (Å²) in [6.07, 6.45) is 1.03. The van der Waals surface area contributed by atoms with Gasteiger partial charge in [0.15, 0.2) is 6.61 Å². The molecule has 0 unspecified atom stereocenters. The second-order valence-electron chi connectivity index (χ2n) is 5.67. The minimum atomic E-state index is -0.468. The van der Waals surface area contributed by atoms with Crippen LogP contribution in [-0.2, 0) is 20.7 Å². The van der Waals surface area contributed by atoms with Crippen LogP contribution in [0, 0.1) is 6.92 Å². The molecular formula is C20H23NO4. The number of anilines is 1. The van der Waals surface area contributed by atoms with Crippen LogP contribution in [0.3, 0.4) is 0 Å². The van der Waals surface area contributed by atoms with Gasteiger partial charge in [-0.1, -0.05) is 31.2 Å². The van der Waals surface area contributed by atoms with Crippen molar-refractivity contribution >= 4 is 17.6 Å². The standard InChI is InChI=1S/C20H23NO4/c1-3-16-7-9-17(10-8-16)21-19(22)14-25-20(23)11-12-24-18-6-4-5-15(2)13-18/h4-10,13H,3,11-12,14H2,1-2H3,(H,21,22). The summed E-state index contributed by atoms with van der Waals surface area (Å²) in [7, 11) is 0. The van der Waals surface area contributed by atoms with Gasteiger partial charge in [0.05, 0.1) is 13.0 Å². The van der Waals surface area contributed by atoms with Crippen LogP contribution in [0.2, 0.25) is 0 Å². The summed E-state index contributed by atoms with van der Waals surface area (Å²) in [5, 5.41) is 2.69. The lowest BCUT2D eigenvalue weighted by molar-refractivity contribution is -0.147. The van der Waals surface area contributed by atoms with Crippen molar-refractivity contribution in [2.45, 2.75) is 26.7 Å². The zero-order valence-corrected chi connectivity index (χ0v) is 14.6. The van der Waals surface area contributed by atoms with E-state index in [2.05, 4.69) is 12.2 Å². The fourth-order valence-electron chi connectivity index (χ4n) is 2.20. The molecule has 0 aliphatic heterocycles. The third-order valence-electron chi connectivity index (χ3n) is 3.57. The molecular weight excluding hydrogens is 318 g/mol. The van der Waals surface area contributed by atoms with Crippen molar-refractivity contribution in [1.29, 1.82) is 0 Å². The minimum absolute atomic E-state index is 0.0897. The number of nitrogens with one attached hydrogen (secondary N) is 1. The van der Waals surface area contributed by atoms with Gasteiger partial charge in [-0.2, -0.15) is 0 Å². The Kier molecular flexibility index (Phi) is 7.01. The van der Waals surface area contributed by atoms with E-state index in [1.54, 1.807) is 0 Å². The van der Waals surface area contributed by atoms with Gasteiger partial charge in [-0.15, -0.1) is 0 Å². The Hall–Kier alpha value is -2.82. The van der Waals surface area contributed by atoms with Crippen LogP contribution in [-0.4, -0.2) is 25.1 Å². The second kappa shape index (κ2) is 9.47. The summed E-state index contributed by atoms with van der Waals surface area (Å²) in [6, 6.07) is 15.1. The molecule has 0 radical (unpaired) electrons. The highest BCUT2D eigenvalue weighted by Gasteiger charge is 2.08. The molecule has 25 heavy (non-hydrogen) atoms. The fraction of sp³-hybridized carbons (Fsp3) is 0.300. The van der Waals surface area contributed by atoms with Crippen LogP contribution in [0.5, 0.6) is 5.75 Å². The summed E-state index contributed by atoms with van der Waals surface area (Å²) >= 11 is 0. The highest BCUT2D eigenvalue weighted by atomic mass is 16.5. The molecule has 5 nitrogen and oxygen atoms in total. The van der Waals surface area contributed by atoms with Crippen LogP contribution < -0.4 is 10.1 Å². The molecule has 0 bridgehead atoms. The number of rotatable bonds is 8. The maximum absolute atomic E-state index is 11.8. The highest BCUT2D eigenvalue weighted by molar-refractivity contribution is 5.92. The topological polar surface area (TPSA) is 64.6 Å². The number of aryl methyl sites for hydroxylation is 2. The van der Waals surface area contributed by atoms with E-state index in [-0.39, 0.29) is 25.5 Å². The van der Waals surface area contributed by atoms with E-state index in [0.29, 0.717) is 11.4 Å². The number of hydrogen-bond acceptors (Lipinski definition) is 4. The Morgan fingerprint density at radius 2 is 1.84 bits per heavy atom. The first-order chi connectivity index (χ1) is 12.1. The van der Waals surface area contributed by atoms with Crippen LogP contribution >= 0.6 is 0 Å². The van der Waals surface area contributed by atoms with Crippen LogP contribution in [0.25, 0.3) is 0 Å². The number of hydrogen-bond donors (Lipinski definition) is 1. The lowest BCUT2D eigenvalue weighted by atomic mass is 10.1. The molecule has 0 aliphatic carbocycles. The molecule has 2 aromatic rings. The number of esters is 1. The molecule has 0 spiro atoms. The molecule has 0 saturated carbocycles. The Bertz CT molecular complexity index is 710. The first-order valence-corrected chi connectivity index (χ1v) is 8.30. The lowest BCUT2D eigenvalue weighted by Crippen LogP contribution is -2.21. The van der Waals surface area contributed by atoms with Crippen molar-refractivity contribution in [3.8, 4) is 5.75 Å². The number of carbonyl (C=O) groups is 2. The molecule has 0 heterocycles. The monoisotopic (exact) mass is 341 g/mol. The Balaban J connectivity index is 1.65. The van der Waals surface area contributed by atoms with Crippen LogP contribution in [0.4, 0.5) is 5.69 Å². The van der Waals surface area contributed by atoms with Crippen molar-refractivity contribution in [3.05, 3.63) is 59.7 Å². The van der Waals surface area contributed by atoms with Gasteiger partial charge in [0.1, 0.15) is 5.75 Å². The molecule has 1 amide bonds. The minimum Gasteiger partial charge on any atom is -0.493 e. The second-order valence-corrected chi connectivity index (χ2v) is 5.67. The zero-order chi connectivity index (χ0) is 18.1. The first kappa shape index (κ1) is 18.5. The molecule has 0 fully saturated rings. The number of ether oxygens (including phenoxy) is 2. The third-order valence-corrected chi connectivity index (χ3v) is 3.57. The number of amides is 1. The van der Waals surface area contributed by atoms with Gasteiger partial charge in [0.2, 0.25) is 0 Å². The summed E-state index contributed by atoms with van der Waals surface area (Å²) < 4.78 is 10.4. The Morgan fingerprint density at radius 3 is 2.52 bits per heavy atom. The average Bonchev–Trinajstić information content (AvgIpc) is 2.61. The van der Waals surface area contributed by atoms with Gasteiger partial charge >= 0.3 is 5.97 Å². The maximum atomic E-state index is 11.8. The van der Waals surface area contributed by atoms with Gasteiger partial charge in [0.25, 0.3) is 5.91 Å². The SMILES string of the molecule is CCc1ccc(NC(=O)COC(=O)CCOc2cccc(C)c2)cc1. The normalized spacial score (nSPS) is 10.2. The largest absolute Gasteiger partial charge is 0.493 e. The molecule has 2 rings (SSSR count). The van der Waals surface area contributed by atoms with Gasteiger partial charge < -0.3 is 14.8 Å². The average molecular weight is 341 g/mol. The summed E-state index contributed by atoms with van der Waals surface area (Å²) in [6.45, 7) is 3.94. The fourth-order valence-corrected chi connectivity index (χ4v) is 2.20. The smallest absolute Gasteiger partial charge is 0.309 e. The highest BCUT2D eigenvalue weighted by Crippen LogP contribution is 2.12. The van der Waals surface area contributed by atoms with Crippen molar-refractivity contribution in [1.82, 2.24) is 0 Å². The predicted molar refractivity (Wildman–Crippen MR) is 96.7 cm³/mol. The van der Waals surface area contributed by atoms with Crippen molar-refractivity contribution in [2.75, 3.05) is 18.5 Å². The van der Waals surface area contributed by atoms with Crippen molar-refractivity contribution in [3.63, 3.8) is 0 Å². The molecule has 0 aliphatic rings.